The predicted molar refractivity (Wildman–Crippen MR) is 79.1 cm³/mol. The minimum absolute atomic E-state index is 0.421. The maximum Gasteiger partial charge on any atom is 0.121 e. The monoisotopic (exact) mass is 274 g/mol. The minimum atomic E-state index is 0.421. The highest BCUT2D eigenvalue weighted by atomic mass is 16.5. The Balaban J connectivity index is 2.32. The molecule has 0 aliphatic heterocycles. The molecule has 1 aromatic carbocycles. The first-order valence-electron chi connectivity index (χ1n) is 7.05. The van der Waals surface area contributed by atoms with Crippen molar-refractivity contribution in [3.05, 3.63) is 23.8 Å². The molecule has 1 saturated carbocycles. The zero-order valence-corrected chi connectivity index (χ0v) is 12.4. The van der Waals surface area contributed by atoms with Gasteiger partial charge in [-0.1, -0.05) is 0 Å². The van der Waals surface area contributed by atoms with E-state index in [1.165, 1.54) is 12.8 Å². The van der Waals surface area contributed by atoms with Crippen molar-refractivity contribution in [1.29, 1.82) is 5.26 Å². The molecular weight excluding hydrogens is 252 g/mol. The molecule has 4 heteroatoms. The normalized spacial score (nSPS) is 15.5. The Morgan fingerprint density at radius 2 is 2.15 bits per heavy atom. The molecule has 0 amide bonds. The molecule has 0 heterocycles. The van der Waals surface area contributed by atoms with Gasteiger partial charge < -0.3 is 14.4 Å². The number of nitriles is 1. The standard InChI is InChI=1S/C16H22N2O2/c1-12(13-4-5-13)18(8-9-19-2)16-10-15(20-3)7-6-14(16)11-17/h6-7,10,12-13H,4-5,8-9H2,1-3H3. The Labute approximate surface area is 120 Å². The molecule has 1 unspecified atom stereocenters. The fourth-order valence-electron chi connectivity index (χ4n) is 2.54. The van der Waals surface area contributed by atoms with Gasteiger partial charge >= 0.3 is 0 Å². The fraction of sp³-hybridized carbons (Fsp3) is 0.562. The van der Waals surface area contributed by atoms with Gasteiger partial charge in [-0.05, 0) is 37.8 Å². The number of anilines is 1. The Bertz CT molecular complexity index is 492. The van der Waals surface area contributed by atoms with Gasteiger partial charge in [0.1, 0.15) is 11.8 Å². The average Bonchev–Trinajstić information content (AvgIpc) is 3.31. The largest absolute Gasteiger partial charge is 0.497 e. The first-order chi connectivity index (χ1) is 9.71. The van der Waals surface area contributed by atoms with E-state index in [1.807, 2.05) is 18.2 Å². The Morgan fingerprint density at radius 3 is 2.70 bits per heavy atom. The topological polar surface area (TPSA) is 45.5 Å². The van der Waals surface area contributed by atoms with Gasteiger partial charge in [-0.15, -0.1) is 0 Å². The van der Waals surface area contributed by atoms with Gasteiger partial charge in [-0.3, -0.25) is 0 Å². The molecule has 1 fully saturated rings. The van der Waals surface area contributed by atoms with E-state index in [1.54, 1.807) is 14.2 Å². The van der Waals surface area contributed by atoms with E-state index in [9.17, 15) is 5.26 Å². The highest BCUT2D eigenvalue weighted by Crippen LogP contribution is 2.38. The summed E-state index contributed by atoms with van der Waals surface area (Å²) < 4.78 is 10.5. The lowest BCUT2D eigenvalue weighted by atomic mass is 10.1. The maximum absolute atomic E-state index is 9.34. The maximum atomic E-state index is 9.34. The number of benzene rings is 1. The third-order valence-electron chi connectivity index (χ3n) is 3.97. The fourth-order valence-corrected chi connectivity index (χ4v) is 2.54. The van der Waals surface area contributed by atoms with E-state index in [0.717, 1.165) is 23.9 Å². The van der Waals surface area contributed by atoms with Crippen LogP contribution in [0.5, 0.6) is 5.75 Å². The van der Waals surface area contributed by atoms with E-state index >= 15 is 0 Å². The molecule has 0 radical (unpaired) electrons. The molecule has 1 aliphatic carbocycles. The van der Waals surface area contributed by atoms with Gasteiger partial charge in [0.25, 0.3) is 0 Å². The zero-order chi connectivity index (χ0) is 14.5. The molecule has 108 valence electrons. The first-order valence-corrected chi connectivity index (χ1v) is 7.05. The van der Waals surface area contributed by atoms with Crippen molar-refractivity contribution >= 4 is 5.69 Å². The third kappa shape index (κ3) is 3.23. The Hall–Kier alpha value is -1.73. The van der Waals surface area contributed by atoms with Crippen LogP contribution in [0.2, 0.25) is 0 Å². The predicted octanol–water partition coefficient (Wildman–Crippen LogP) is 2.82. The number of hydrogen-bond donors (Lipinski definition) is 0. The van der Waals surface area contributed by atoms with Crippen LogP contribution in [0, 0.1) is 17.2 Å². The van der Waals surface area contributed by atoms with Gasteiger partial charge in [0.15, 0.2) is 0 Å². The molecule has 2 rings (SSSR count). The minimum Gasteiger partial charge on any atom is -0.497 e. The molecule has 0 N–H and O–H groups in total. The summed E-state index contributed by atoms with van der Waals surface area (Å²) in [5.74, 6) is 1.51. The summed E-state index contributed by atoms with van der Waals surface area (Å²) in [5, 5.41) is 9.34. The van der Waals surface area contributed by atoms with Gasteiger partial charge in [0, 0.05) is 25.8 Å². The molecule has 1 atom stereocenters. The van der Waals surface area contributed by atoms with Crippen molar-refractivity contribution in [3.63, 3.8) is 0 Å². The van der Waals surface area contributed by atoms with Crippen LogP contribution in [0.3, 0.4) is 0 Å². The van der Waals surface area contributed by atoms with E-state index in [0.29, 0.717) is 18.2 Å². The second-order valence-corrected chi connectivity index (χ2v) is 5.26. The Morgan fingerprint density at radius 1 is 1.40 bits per heavy atom. The lowest BCUT2D eigenvalue weighted by molar-refractivity contribution is 0.202. The van der Waals surface area contributed by atoms with Crippen molar-refractivity contribution in [2.75, 3.05) is 32.3 Å². The molecule has 0 spiro atoms. The van der Waals surface area contributed by atoms with Crippen LogP contribution >= 0.6 is 0 Å². The summed E-state index contributed by atoms with van der Waals surface area (Å²) in [6.07, 6.45) is 2.55. The van der Waals surface area contributed by atoms with Crippen LogP contribution in [-0.2, 0) is 4.74 Å². The molecule has 20 heavy (non-hydrogen) atoms. The molecule has 1 aromatic rings. The quantitative estimate of drug-likeness (QED) is 0.767. The van der Waals surface area contributed by atoms with E-state index in [2.05, 4.69) is 17.9 Å². The van der Waals surface area contributed by atoms with Crippen LogP contribution in [0.15, 0.2) is 18.2 Å². The van der Waals surface area contributed by atoms with Gasteiger partial charge in [-0.25, -0.2) is 0 Å². The second-order valence-electron chi connectivity index (χ2n) is 5.26. The molecule has 0 aromatic heterocycles. The third-order valence-corrected chi connectivity index (χ3v) is 3.97. The van der Waals surface area contributed by atoms with Crippen molar-refractivity contribution < 1.29 is 9.47 Å². The van der Waals surface area contributed by atoms with Crippen LogP contribution < -0.4 is 9.64 Å². The van der Waals surface area contributed by atoms with Crippen LogP contribution in [-0.4, -0.2) is 33.4 Å². The first kappa shape index (κ1) is 14.7. The molecular formula is C16H22N2O2. The summed E-state index contributed by atoms with van der Waals surface area (Å²) in [7, 11) is 3.35. The van der Waals surface area contributed by atoms with Crippen molar-refractivity contribution in [2.45, 2.75) is 25.8 Å². The molecule has 4 nitrogen and oxygen atoms in total. The van der Waals surface area contributed by atoms with E-state index < -0.39 is 0 Å². The van der Waals surface area contributed by atoms with Gasteiger partial charge in [0.2, 0.25) is 0 Å². The zero-order valence-electron chi connectivity index (χ0n) is 12.4. The van der Waals surface area contributed by atoms with Crippen molar-refractivity contribution in [1.82, 2.24) is 0 Å². The smallest absolute Gasteiger partial charge is 0.121 e. The number of methoxy groups -OCH3 is 2. The SMILES string of the molecule is COCCN(c1cc(OC)ccc1C#N)C(C)C1CC1. The van der Waals surface area contributed by atoms with Crippen LogP contribution in [0.25, 0.3) is 0 Å². The summed E-state index contributed by atoms with van der Waals surface area (Å²) in [6.45, 7) is 3.67. The van der Waals surface area contributed by atoms with Gasteiger partial charge in [-0.2, -0.15) is 5.26 Å². The highest BCUT2D eigenvalue weighted by Gasteiger charge is 2.33. The molecule has 0 bridgehead atoms. The van der Waals surface area contributed by atoms with Crippen molar-refractivity contribution in [3.8, 4) is 11.8 Å². The molecule has 0 saturated heterocycles. The molecule has 1 aliphatic rings. The summed E-state index contributed by atoms with van der Waals surface area (Å²) in [5.41, 5.74) is 1.64. The van der Waals surface area contributed by atoms with Gasteiger partial charge in [0.05, 0.1) is 25.0 Å². The van der Waals surface area contributed by atoms with E-state index in [4.69, 9.17) is 9.47 Å². The van der Waals surface area contributed by atoms with Crippen molar-refractivity contribution in [2.24, 2.45) is 5.92 Å². The lowest BCUT2D eigenvalue weighted by Crippen LogP contribution is -2.37. The number of hydrogen-bond acceptors (Lipinski definition) is 4. The number of nitrogens with zero attached hydrogens (tertiary/aromatic N) is 2. The average molecular weight is 274 g/mol. The van der Waals surface area contributed by atoms with Crippen LogP contribution in [0.4, 0.5) is 5.69 Å². The number of rotatable bonds is 7. The van der Waals surface area contributed by atoms with E-state index in [-0.39, 0.29) is 0 Å². The lowest BCUT2D eigenvalue weighted by Gasteiger charge is -2.32. The summed E-state index contributed by atoms with van der Waals surface area (Å²) >= 11 is 0. The highest BCUT2D eigenvalue weighted by molar-refractivity contribution is 5.62. The number of ether oxygens (including phenoxy) is 2. The Kier molecular flexibility index (Phi) is 4.86. The second kappa shape index (κ2) is 6.62. The summed E-state index contributed by atoms with van der Waals surface area (Å²) in [4.78, 5) is 2.28. The summed E-state index contributed by atoms with van der Waals surface area (Å²) in [6, 6.07) is 8.31. The van der Waals surface area contributed by atoms with Crippen LogP contribution in [0.1, 0.15) is 25.3 Å².